The van der Waals surface area contributed by atoms with Gasteiger partial charge in [0.1, 0.15) is 11.5 Å². The lowest BCUT2D eigenvalue weighted by molar-refractivity contribution is 0.406. The smallest absolute Gasteiger partial charge is 0.190 e. The summed E-state index contributed by atoms with van der Waals surface area (Å²) in [6.07, 6.45) is 3.06. The quantitative estimate of drug-likeness (QED) is 0.510. The van der Waals surface area contributed by atoms with Crippen molar-refractivity contribution in [2.24, 2.45) is 10.9 Å². The van der Waals surface area contributed by atoms with Crippen molar-refractivity contribution in [3.63, 3.8) is 0 Å². The summed E-state index contributed by atoms with van der Waals surface area (Å²) in [5.74, 6) is 2.40. The molecule has 0 unspecified atom stereocenters. The van der Waals surface area contributed by atoms with Crippen LogP contribution in [0.1, 0.15) is 32.3 Å². The van der Waals surface area contributed by atoms with Gasteiger partial charge in [-0.1, -0.05) is 32.8 Å². The predicted molar refractivity (Wildman–Crippen MR) is 91.8 cm³/mol. The highest BCUT2D eigenvalue weighted by atomic mass is 16.5. The van der Waals surface area contributed by atoms with Crippen LogP contribution in [0.3, 0.4) is 0 Å². The molecule has 0 aliphatic carbocycles. The van der Waals surface area contributed by atoms with E-state index in [0.717, 1.165) is 24.5 Å². The monoisotopic (exact) mass is 307 g/mol. The molecule has 0 radical (unpaired) electrons. The van der Waals surface area contributed by atoms with Crippen molar-refractivity contribution in [3.8, 4) is 11.5 Å². The Hall–Kier alpha value is -1.91. The van der Waals surface area contributed by atoms with E-state index in [2.05, 4.69) is 29.5 Å². The molecule has 3 N–H and O–H groups in total. The molecule has 0 saturated heterocycles. The van der Waals surface area contributed by atoms with Gasteiger partial charge in [0, 0.05) is 26.2 Å². The maximum Gasteiger partial charge on any atom is 0.190 e. The Bertz CT molecular complexity index is 471. The number of phenols is 1. The van der Waals surface area contributed by atoms with Crippen LogP contribution in [-0.2, 0) is 6.42 Å². The van der Waals surface area contributed by atoms with Gasteiger partial charge in [-0.25, -0.2) is 0 Å². The minimum absolute atomic E-state index is 0.265. The van der Waals surface area contributed by atoms with Crippen molar-refractivity contribution in [2.75, 3.05) is 27.2 Å². The van der Waals surface area contributed by atoms with E-state index in [1.807, 2.05) is 12.1 Å². The first kappa shape index (κ1) is 18.1. The summed E-state index contributed by atoms with van der Waals surface area (Å²) in [5, 5.41) is 16.6. The Morgan fingerprint density at radius 3 is 2.55 bits per heavy atom. The highest BCUT2D eigenvalue weighted by Crippen LogP contribution is 2.23. The van der Waals surface area contributed by atoms with Gasteiger partial charge >= 0.3 is 0 Å². The molecule has 0 heterocycles. The number of nitrogens with zero attached hydrogens (tertiary/aromatic N) is 1. The van der Waals surface area contributed by atoms with E-state index in [1.54, 1.807) is 20.2 Å². The Morgan fingerprint density at radius 1 is 1.27 bits per heavy atom. The van der Waals surface area contributed by atoms with Crippen LogP contribution >= 0.6 is 0 Å². The van der Waals surface area contributed by atoms with Crippen molar-refractivity contribution >= 4 is 5.96 Å². The molecular weight excluding hydrogens is 278 g/mol. The zero-order valence-corrected chi connectivity index (χ0v) is 14.1. The van der Waals surface area contributed by atoms with Gasteiger partial charge in [0.05, 0.1) is 7.11 Å². The number of hydrogen-bond donors (Lipinski definition) is 3. The summed E-state index contributed by atoms with van der Waals surface area (Å²) >= 11 is 0. The first-order valence-electron chi connectivity index (χ1n) is 7.94. The summed E-state index contributed by atoms with van der Waals surface area (Å²) in [6, 6.07) is 5.38. The van der Waals surface area contributed by atoms with E-state index in [-0.39, 0.29) is 5.75 Å². The first-order valence-corrected chi connectivity index (χ1v) is 7.94. The molecule has 5 heteroatoms. The van der Waals surface area contributed by atoms with Crippen molar-refractivity contribution in [3.05, 3.63) is 23.8 Å². The topological polar surface area (TPSA) is 65.9 Å². The van der Waals surface area contributed by atoms with Gasteiger partial charge in [0.15, 0.2) is 5.96 Å². The molecule has 0 spiro atoms. The van der Waals surface area contributed by atoms with E-state index in [4.69, 9.17) is 4.74 Å². The summed E-state index contributed by atoms with van der Waals surface area (Å²) in [4.78, 5) is 4.22. The molecule has 0 aliphatic rings. The fourth-order valence-electron chi connectivity index (χ4n) is 2.24. The largest absolute Gasteiger partial charge is 0.508 e. The molecule has 0 aliphatic heterocycles. The average Bonchev–Trinajstić information content (AvgIpc) is 2.55. The number of phenolic OH excluding ortho intramolecular Hbond substituents is 1. The van der Waals surface area contributed by atoms with Crippen LogP contribution < -0.4 is 15.4 Å². The second-order valence-corrected chi connectivity index (χ2v) is 5.31. The minimum Gasteiger partial charge on any atom is -0.508 e. The number of aliphatic imine (C=N–C) groups is 1. The van der Waals surface area contributed by atoms with Crippen LogP contribution in [0.2, 0.25) is 0 Å². The fourth-order valence-corrected chi connectivity index (χ4v) is 2.24. The van der Waals surface area contributed by atoms with Gasteiger partial charge in [-0.05, 0) is 24.0 Å². The van der Waals surface area contributed by atoms with Gasteiger partial charge in [0.25, 0.3) is 0 Å². The second-order valence-electron chi connectivity index (χ2n) is 5.31. The maximum atomic E-state index is 9.93. The first-order chi connectivity index (χ1) is 10.6. The molecule has 1 aromatic rings. The van der Waals surface area contributed by atoms with Crippen LogP contribution in [0.15, 0.2) is 23.2 Å². The molecule has 0 amide bonds. The number of methoxy groups -OCH3 is 1. The highest BCUT2D eigenvalue weighted by molar-refractivity contribution is 5.79. The van der Waals surface area contributed by atoms with E-state index in [9.17, 15) is 5.11 Å². The van der Waals surface area contributed by atoms with Crippen LogP contribution in [0.4, 0.5) is 0 Å². The summed E-state index contributed by atoms with van der Waals surface area (Å²) in [7, 11) is 3.36. The van der Waals surface area contributed by atoms with Gasteiger partial charge < -0.3 is 20.5 Å². The number of rotatable bonds is 8. The zero-order valence-electron chi connectivity index (χ0n) is 14.1. The Kier molecular flexibility index (Phi) is 8.18. The van der Waals surface area contributed by atoms with Crippen molar-refractivity contribution < 1.29 is 9.84 Å². The predicted octanol–water partition coefficient (Wildman–Crippen LogP) is 2.54. The van der Waals surface area contributed by atoms with E-state index < -0.39 is 0 Å². The van der Waals surface area contributed by atoms with Crippen LogP contribution in [0.5, 0.6) is 11.5 Å². The zero-order chi connectivity index (χ0) is 16.4. The van der Waals surface area contributed by atoms with Crippen LogP contribution in [0, 0.1) is 5.92 Å². The van der Waals surface area contributed by atoms with Crippen molar-refractivity contribution in [1.82, 2.24) is 10.6 Å². The molecule has 0 fully saturated rings. The normalized spacial score (nSPS) is 11.6. The standard InChI is InChI=1S/C17H29N3O2/c1-5-13(6-2)12-20-17(18-3)19-10-9-14-7-8-15(22-4)11-16(14)21/h7-8,11,13,21H,5-6,9-10,12H2,1-4H3,(H2,18,19,20). The number of guanidine groups is 1. The van der Waals surface area contributed by atoms with Gasteiger partial charge in [0.2, 0.25) is 0 Å². The number of nitrogens with one attached hydrogen (secondary N) is 2. The van der Waals surface area contributed by atoms with Crippen molar-refractivity contribution in [1.29, 1.82) is 0 Å². The molecule has 0 atom stereocenters. The average molecular weight is 307 g/mol. The molecule has 0 saturated carbocycles. The van der Waals surface area contributed by atoms with E-state index in [0.29, 0.717) is 18.2 Å². The van der Waals surface area contributed by atoms with E-state index in [1.165, 1.54) is 12.8 Å². The number of aromatic hydroxyl groups is 1. The molecule has 1 rings (SSSR count). The Balaban J connectivity index is 2.41. The SMILES string of the molecule is CCC(CC)CNC(=NC)NCCc1ccc(OC)cc1O. The lowest BCUT2D eigenvalue weighted by Crippen LogP contribution is -2.40. The van der Waals surface area contributed by atoms with Crippen LogP contribution in [0.25, 0.3) is 0 Å². The molecule has 124 valence electrons. The molecule has 5 nitrogen and oxygen atoms in total. The third-order valence-corrected chi connectivity index (χ3v) is 3.92. The lowest BCUT2D eigenvalue weighted by atomic mass is 10.0. The molecule has 1 aromatic carbocycles. The summed E-state index contributed by atoms with van der Waals surface area (Å²) < 4.78 is 5.08. The van der Waals surface area contributed by atoms with Gasteiger partial charge in [-0.15, -0.1) is 0 Å². The maximum absolute atomic E-state index is 9.93. The molecular formula is C17H29N3O2. The number of benzene rings is 1. The molecule has 0 aromatic heterocycles. The second kappa shape index (κ2) is 9.92. The summed E-state index contributed by atoms with van der Waals surface area (Å²) in [6.45, 7) is 6.06. The third kappa shape index (κ3) is 5.84. The Morgan fingerprint density at radius 2 is 2.00 bits per heavy atom. The fraction of sp³-hybridized carbons (Fsp3) is 0.588. The van der Waals surface area contributed by atoms with Crippen molar-refractivity contribution in [2.45, 2.75) is 33.1 Å². The molecule has 0 bridgehead atoms. The molecule has 22 heavy (non-hydrogen) atoms. The summed E-state index contributed by atoms with van der Waals surface area (Å²) in [5.41, 5.74) is 0.892. The Labute approximate surface area is 133 Å². The number of hydrogen-bond acceptors (Lipinski definition) is 3. The minimum atomic E-state index is 0.265. The highest BCUT2D eigenvalue weighted by Gasteiger charge is 2.06. The van der Waals surface area contributed by atoms with Gasteiger partial charge in [-0.2, -0.15) is 0 Å². The van der Waals surface area contributed by atoms with Crippen LogP contribution in [-0.4, -0.2) is 38.3 Å². The van der Waals surface area contributed by atoms with E-state index >= 15 is 0 Å². The number of ether oxygens (including phenoxy) is 1. The van der Waals surface area contributed by atoms with Gasteiger partial charge in [-0.3, -0.25) is 4.99 Å². The lowest BCUT2D eigenvalue weighted by Gasteiger charge is -2.17. The third-order valence-electron chi connectivity index (χ3n) is 3.92.